The lowest BCUT2D eigenvalue weighted by Crippen LogP contribution is -2.20. The van der Waals surface area contributed by atoms with Crippen LogP contribution in [0.2, 0.25) is 0 Å². The van der Waals surface area contributed by atoms with Gasteiger partial charge in [0, 0.05) is 11.9 Å². The molecule has 4 aromatic rings. The van der Waals surface area contributed by atoms with Crippen molar-refractivity contribution < 1.29 is 14.3 Å². The minimum absolute atomic E-state index is 0.137. The molecule has 27 heavy (non-hydrogen) atoms. The standard InChI is InChI=1S/C18H15N5O4/c1-3-27-12-6-4-11(5-7-12)22-9-8-14-15(17(22)24)20-21-16-13(18(25)26-2)10-19-23(14)16/h4-10H,3H2,1-2H3. The zero-order valence-corrected chi connectivity index (χ0v) is 14.6. The lowest BCUT2D eigenvalue weighted by atomic mass is 10.3. The second kappa shape index (κ2) is 6.52. The first-order valence-electron chi connectivity index (χ1n) is 8.21. The fourth-order valence-electron chi connectivity index (χ4n) is 2.82. The number of carbonyl (C=O) groups excluding carboxylic acids is 1. The Hall–Kier alpha value is -3.75. The summed E-state index contributed by atoms with van der Waals surface area (Å²) in [6.07, 6.45) is 2.97. The molecule has 0 unspecified atom stereocenters. The van der Waals surface area contributed by atoms with Crippen molar-refractivity contribution in [2.75, 3.05) is 13.7 Å². The van der Waals surface area contributed by atoms with Crippen molar-refractivity contribution in [1.82, 2.24) is 24.4 Å². The van der Waals surface area contributed by atoms with Crippen molar-refractivity contribution in [2.24, 2.45) is 0 Å². The average molecular weight is 365 g/mol. The molecule has 0 aliphatic rings. The van der Waals surface area contributed by atoms with Gasteiger partial charge in [-0.1, -0.05) is 0 Å². The van der Waals surface area contributed by atoms with Crippen LogP contribution >= 0.6 is 0 Å². The molecule has 1 aromatic carbocycles. The highest BCUT2D eigenvalue weighted by Gasteiger charge is 2.18. The number of hydrogen-bond donors (Lipinski definition) is 0. The average Bonchev–Trinajstić information content (AvgIpc) is 3.13. The Morgan fingerprint density at radius 2 is 1.93 bits per heavy atom. The summed E-state index contributed by atoms with van der Waals surface area (Å²) >= 11 is 0. The van der Waals surface area contributed by atoms with E-state index in [4.69, 9.17) is 9.47 Å². The Kier molecular flexibility index (Phi) is 4.03. The third-order valence-electron chi connectivity index (χ3n) is 4.09. The molecule has 0 saturated heterocycles. The van der Waals surface area contributed by atoms with Crippen molar-refractivity contribution >= 4 is 22.6 Å². The minimum Gasteiger partial charge on any atom is -0.494 e. The van der Waals surface area contributed by atoms with Crippen molar-refractivity contribution in [3.05, 3.63) is 58.6 Å². The molecule has 0 atom stereocenters. The highest BCUT2D eigenvalue weighted by molar-refractivity contribution is 5.96. The summed E-state index contributed by atoms with van der Waals surface area (Å²) in [4.78, 5) is 24.7. The summed E-state index contributed by atoms with van der Waals surface area (Å²) in [5.41, 5.74) is 1.32. The first-order valence-corrected chi connectivity index (χ1v) is 8.21. The summed E-state index contributed by atoms with van der Waals surface area (Å²) in [5.74, 6) is 0.157. The SMILES string of the molecule is CCOc1ccc(-n2ccc3c(nnc4c(C(=O)OC)cnn43)c2=O)cc1. The van der Waals surface area contributed by atoms with Crippen molar-refractivity contribution in [1.29, 1.82) is 0 Å². The molecule has 3 heterocycles. The van der Waals surface area contributed by atoms with Crippen molar-refractivity contribution in [3.8, 4) is 11.4 Å². The molecule has 0 aliphatic carbocycles. The number of methoxy groups -OCH3 is 1. The molecular formula is C18H15N5O4. The fraction of sp³-hybridized carbons (Fsp3) is 0.167. The van der Waals surface area contributed by atoms with Gasteiger partial charge in [-0.05, 0) is 37.3 Å². The van der Waals surface area contributed by atoms with Crippen LogP contribution in [0.4, 0.5) is 0 Å². The van der Waals surface area contributed by atoms with Crippen LogP contribution in [0.25, 0.3) is 22.4 Å². The quantitative estimate of drug-likeness (QED) is 0.507. The zero-order chi connectivity index (χ0) is 19.0. The molecule has 0 radical (unpaired) electrons. The van der Waals surface area contributed by atoms with Gasteiger partial charge < -0.3 is 9.47 Å². The maximum atomic E-state index is 12.9. The van der Waals surface area contributed by atoms with Crippen LogP contribution in [-0.2, 0) is 4.74 Å². The summed E-state index contributed by atoms with van der Waals surface area (Å²) in [6.45, 7) is 2.47. The Labute approximate surface area is 152 Å². The summed E-state index contributed by atoms with van der Waals surface area (Å²) < 4.78 is 13.0. The van der Waals surface area contributed by atoms with E-state index in [0.29, 0.717) is 17.8 Å². The van der Waals surface area contributed by atoms with Gasteiger partial charge in [-0.2, -0.15) is 5.10 Å². The van der Waals surface area contributed by atoms with Gasteiger partial charge >= 0.3 is 5.97 Å². The van der Waals surface area contributed by atoms with Crippen LogP contribution in [0.1, 0.15) is 17.3 Å². The van der Waals surface area contributed by atoms with Crippen LogP contribution in [0.5, 0.6) is 5.75 Å². The van der Waals surface area contributed by atoms with E-state index >= 15 is 0 Å². The highest BCUT2D eigenvalue weighted by Crippen LogP contribution is 2.17. The number of ether oxygens (including phenoxy) is 2. The summed E-state index contributed by atoms with van der Waals surface area (Å²) in [7, 11) is 1.27. The second-order valence-corrected chi connectivity index (χ2v) is 5.64. The molecule has 9 heteroatoms. The highest BCUT2D eigenvalue weighted by atomic mass is 16.5. The predicted molar refractivity (Wildman–Crippen MR) is 96.4 cm³/mol. The molecule has 4 rings (SSSR count). The number of hydrogen-bond acceptors (Lipinski definition) is 7. The molecule has 0 N–H and O–H groups in total. The van der Waals surface area contributed by atoms with Crippen molar-refractivity contribution in [2.45, 2.75) is 6.92 Å². The normalized spacial score (nSPS) is 11.0. The van der Waals surface area contributed by atoms with Crippen LogP contribution in [0, 0.1) is 0 Å². The van der Waals surface area contributed by atoms with Gasteiger partial charge in [-0.15, -0.1) is 10.2 Å². The van der Waals surface area contributed by atoms with E-state index in [-0.39, 0.29) is 22.3 Å². The molecule has 0 fully saturated rings. The van der Waals surface area contributed by atoms with E-state index in [0.717, 1.165) is 5.75 Å². The second-order valence-electron chi connectivity index (χ2n) is 5.64. The number of fused-ring (bicyclic) bond motifs is 3. The van der Waals surface area contributed by atoms with E-state index in [1.807, 2.05) is 6.92 Å². The van der Waals surface area contributed by atoms with Crippen LogP contribution < -0.4 is 10.3 Å². The van der Waals surface area contributed by atoms with E-state index in [1.54, 1.807) is 36.5 Å². The molecule has 0 amide bonds. The van der Waals surface area contributed by atoms with Crippen molar-refractivity contribution in [3.63, 3.8) is 0 Å². The molecule has 0 bridgehead atoms. The van der Waals surface area contributed by atoms with Crippen LogP contribution in [0.3, 0.4) is 0 Å². The molecule has 0 saturated carbocycles. The Morgan fingerprint density at radius 1 is 1.15 bits per heavy atom. The van der Waals surface area contributed by atoms with E-state index < -0.39 is 5.97 Å². The summed E-state index contributed by atoms with van der Waals surface area (Å²) in [5, 5.41) is 12.1. The number of benzene rings is 1. The Balaban J connectivity index is 1.86. The third-order valence-corrected chi connectivity index (χ3v) is 4.09. The van der Waals surface area contributed by atoms with Crippen LogP contribution in [-0.4, -0.2) is 44.1 Å². The van der Waals surface area contributed by atoms with Gasteiger partial charge in [0.05, 0.1) is 19.9 Å². The predicted octanol–water partition coefficient (Wildman–Crippen LogP) is 1.61. The molecular weight excluding hydrogens is 350 g/mol. The molecule has 9 nitrogen and oxygen atoms in total. The minimum atomic E-state index is -0.568. The van der Waals surface area contributed by atoms with Gasteiger partial charge in [0.25, 0.3) is 5.56 Å². The first kappa shape index (κ1) is 16.7. The number of esters is 1. The molecule has 136 valence electrons. The lowest BCUT2D eigenvalue weighted by molar-refractivity contribution is 0.0602. The number of pyridine rings is 1. The van der Waals surface area contributed by atoms with Gasteiger partial charge in [0.15, 0.2) is 11.2 Å². The number of carbonyl (C=O) groups is 1. The Bertz CT molecular complexity index is 1210. The molecule has 0 aliphatic heterocycles. The number of nitrogens with zero attached hydrogens (tertiary/aromatic N) is 5. The maximum absolute atomic E-state index is 12.9. The van der Waals surface area contributed by atoms with E-state index in [1.165, 1.54) is 22.4 Å². The first-order chi connectivity index (χ1) is 13.1. The maximum Gasteiger partial charge on any atom is 0.343 e. The fourth-order valence-corrected chi connectivity index (χ4v) is 2.82. The van der Waals surface area contributed by atoms with Gasteiger partial charge in [-0.3, -0.25) is 9.36 Å². The third kappa shape index (κ3) is 2.69. The van der Waals surface area contributed by atoms with Gasteiger partial charge in [-0.25, -0.2) is 9.31 Å². The smallest absolute Gasteiger partial charge is 0.343 e. The topological polar surface area (TPSA) is 101 Å². The summed E-state index contributed by atoms with van der Waals surface area (Å²) in [6, 6.07) is 8.85. The van der Waals surface area contributed by atoms with Gasteiger partial charge in [0.1, 0.15) is 16.8 Å². The van der Waals surface area contributed by atoms with Gasteiger partial charge in [0.2, 0.25) is 0 Å². The molecule has 0 spiro atoms. The number of aromatic nitrogens is 5. The zero-order valence-electron chi connectivity index (χ0n) is 14.6. The van der Waals surface area contributed by atoms with E-state index in [9.17, 15) is 9.59 Å². The largest absolute Gasteiger partial charge is 0.494 e. The lowest BCUT2D eigenvalue weighted by Gasteiger charge is -2.09. The van der Waals surface area contributed by atoms with Crippen LogP contribution in [0.15, 0.2) is 47.5 Å². The number of rotatable bonds is 4. The molecule has 3 aromatic heterocycles. The van der Waals surface area contributed by atoms with E-state index in [2.05, 4.69) is 15.3 Å². The Morgan fingerprint density at radius 3 is 2.63 bits per heavy atom. The monoisotopic (exact) mass is 365 g/mol.